The molecule has 5 rings (SSSR count). The maximum atomic E-state index is 12.4. The number of carbonyl (C=O) groups is 3. The normalized spacial score (nSPS) is 15.2. The molecule has 8 nitrogen and oxygen atoms in total. The highest BCUT2D eigenvalue weighted by atomic mass is 32.1. The zero-order valence-electron chi connectivity index (χ0n) is 18.2. The number of aromatic nitrogens is 1. The topological polar surface area (TPSA) is 118 Å². The summed E-state index contributed by atoms with van der Waals surface area (Å²) >= 11 is 1.07. The summed E-state index contributed by atoms with van der Waals surface area (Å²) in [6.07, 6.45) is 1.73. The van der Waals surface area contributed by atoms with Gasteiger partial charge in [0.05, 0.1) is 0 Å². The van der Waals surface area contributed by atoms with Gasteiger partial charge in [0, 0.05) is 11.3 Å². The molecule has 2 aliphatic rings. The number of thiazole rings is 1. The predicted molar refractivity (Wildman–Crippen MR) is 127 cm³/mol. The van der Waals surface area contributed by atoms with E-state index in [0.29, 0.717) is 12.3 Å². The van der Waals surface area contributed by atoms with Crippen molar-refractivity contribution in [2.75, 3.05) is 11.9 Å². The summed E-state index contributed by atoms with van der Waals surface area (Å²) in [4.78, 5) is 40.4. The summed E-state index contributed by atoms with van der Waals surface area (Å²) in [6.45, 7) is 0.167. The second kappa shape index (κ2) is 9.26. The van der Waals surface area contributed by atoms with Crippen LogP contribution in [0.15, 0.2) is 53.9 Å². The van der Waals surface area contributed by atoms with Crippen LogP contribution in [0.3, 0.4) is 0 Å². The third-order valence-electron chi connectivity index (χ3n) is 6.16. The van der Waals surface area contributed by atoms with E-state index in [0.717, 1.165) is 46.4 Å². The van der Waals surface area contributed by atoms with Crippen LogP contribution in [0, 0.1) is 5.92 Å². The van der Waals surface area contributed by atoms with Gasteiger partial charge in [0.1, 0.15) is 18.3 Å². The Balaban J connectivity index is 1.18. The molecule has 0 spiro atoms. The minimum atomic E-state index is -1.06. The first-order valence-electron chi connectivity index (χ1n) is 11.1. The van der Waals surface area contributed by atoms with E-state index in [9.17, 15) is 19.5 Å². The molecule has 2 amide bonds. The molecule has 2 aliphatic carbocycles. The molecule has 1 heterocycles. The molecule has 1 fully saturated rings. The van der Waals surface area contributed by atoms with Gasteiger partial charge in [-0.25, -0.2) is 14.6 Å². The van der Waals surface area contributed by atoms with Crippen LogP contribution in [0.25, 0.3) is 11.1 Å². The van der Waals surface area contributed by atoms with Gasteiger partial charge in [-0.2, -0.15) is 0 Å². The van der Waals surface area contributed by atoms with Crippen molar-refractivity contribution in [3.63, 3.8) is 0 Å². The number of aliphatic carboxylic acids is 1. The van der Waals surface area contributed by atoms with E-state index in [1.54, 1.807) is 0 Å². The lowest BCUT2D eigenvalue weighted by molar-refractivity contribution is -0.139. The van der Waals surface area contributed by atoms with E-state index in [1.807, 2.05) is 36.4 Å². The lowest BCUT2D eigenvalue weighted by Gasteiger charge is -2.14. The Labute approximate surface area is 200 Å². The van der Waals surface area contributed by atoms with Crippen molar-refractivity contribution in [3.05, 3.63) is 70.7 Å². The monoisotopic (exact) mass is 477 g/mol. The molecule has 0 bridgehead atoms. The van der Waals surface area contributed by atoms with E-state index >= 15 is 0 Å². The van der Waals surface area contributed by atoms with Crippen LogP contribution >= 0.6 is 11.3 Å². The molecule has 0 saturated heterocycles. The van der Waals surface area contributed by atoms with Crippen LogP contribution in [0.5, 0.6) is 0 Å². The number of benzene rings is 2. The minimum absolute atomic E-state index is 0.0565. The van der Waals surface area contributed by atoms with Crippen molar-refractivity contribution in [3.8, 4) is 11.1 Å². The van der Waals surface area contributed by atoms with Crippen molar-refractivity contribution in [2.24, 2.45) is 5.92 Å². The zero-order chi connectivity index (χ0) is 23.7. The Morgan fingerprint density at radius 3 is 2.32 bits per heavy atom. The number of carboxylic acid groups (broad SMARTS) is 1. The van der Waals surface area contributed by atoms with Crippen molar-refractivity contribution >= 4 is 34.4 Å². The highest BCUT2D eigenvalue weighted by Gasteiger charge is 2.31. The van der Waals surface area contributed by atoms with Gasteiger partial charge in [-0.15, -0.1) is 11.3 Å². The summed E-state index contributed by atoms with van der Waals surface area (Å²) in [5, 5.41) is 16.1. The van der Waals surface area contributed by atoms with Gasteiger partial charge in [-0.05, 0) is 34.6 Å². The summed E-state index contributed by atoms with van der Waals surface area (Å²) in [6, 6.07) is 15.2. The smallest absolute Gasteiger partial charge is 0.413 e. The molecule has 1 saturated carbocycles. The summed E-state index contributed by atoms with van der Waals surface area (Å²) < 4.78 is 5.50. The number of carbonyl (C=O) groups excluding carboxylic acids is 2. The molecule has 0 radical (unpaired) electrons. The third kappa shape index (κ3) is 4.65. The second-order valence-corrected chi connectivity index (χ2v) is 9.39. The number of nitrogens with one attached hydrogen (secondary N) is 2. The molecule has 0 aliphatic heterocycles. The van der Waals surface area contributed by atoms with Gasteiger partial charge in [-0.3, -0.25) is 10.1 Å². The highest BCUT2D eigenvalue weighted by molar-refractivity contribution is 7.14. The average molecular weight is 478 g/mol. The van der Waals surface area contributed by atoms with E-state index in [-0.39, 0.29) is 23.4 Å². The number of amides is 2. The van der Waals surface area contributed by atoms with E-state index in [2.05, 4.69) is 27.8 Å². The third-order valence-corrected chi connectivity index (χ3v) is 6.92. The SMILES string of the molecule is O=C(Nc1nc(C(=O)NC(CC2CC2)C(=O)O)cs1)OCC1c2ccccc2-c2ccccc21. The lowest BCUT2D eigenvalue weighted by Crippen LogP contribution is -2.41. The first-order valence-corrected chi connectivity index (χ1v) is 12.0. The minimum Gasteiger partial charge on any atom is -0.480 e. The highest BCUT2D eigenvalue weighted by Crippen LogP contribution is 2.44. The number of fused-ring (bicyclic) bond motifs is 3. The largest absolute Gasteiger partial charge is 0.480 e. The maximum absolute atomic E-state index is 12.4. The molecule has 1 aromatic heterocycles. The maximum Gasteiger partial charge on any atom is 0.413 e. The van der Waals surface area contributed by atoms with Crippen molar-refractivity contribution < 1.29 is 24.2 Å². The fourth-order valence-electron chi connectivity index (χ4n) is 4.30. The van der Waals surface area contributed by atoms with Gasteiger partial charge in [-0.1, -0.05) is 61.4 Å². The number of rotatable bonds is 8. The molecule has 174 valence electrons. The van der Waals surface area contributed by atoms with Crippen LogP contribution in [-0.2, 0) is 9.53 Å². The molecule has 1 atom stereocenters. The Bertz CT molecular complexity index is 1210. The second-order valence-electron chi connectivity index (χ2n) is 8.53. The number of hydrogen-bond donors (Lipinski definition) is 3. The first kappa shape index (κ1) is 22.1. The summed E-state index contributed by atoms with van der Waals surface area (Å²) in [5.41, 5.74) is 4.57. The van der Waals surface area contributed by atoms with Gasteiger partial charge >= 0.3 is 12.1 Å². The standard InChI is InChI=1S/C25H23N3O5S/c29-22(26-20(23(30)31)11-14-9-10-14)21-13-34-24(27-21)28-25(32)33-12-19-17-7-3-1-5-15(17)16-6-2-4-8-18(16)19/h1-8,13-14,19-20H,9-12H2,(H,26,29)(H,30,31)(H,27,28,32). The number of anilines is 1. The number of ether oxygens (including phenoxy) is 1. The molecular formula is C25H23N3O5S. The first-order chi connectivity index (χ1) is 16.5. The molecule has 34 heavy (non-hydrogen) atoms. The van der Waals surface area contributed by atoms with Crippen LogP contribution in [0.4, 0.5) is 9.93 Å². The zero-order valence-corrected chi connectivity index (χ0v) is 19.0. The lowest BCUT2D eigenvalue weighted by atomic mass is 9.98. The van der Waals surface area contributed by atoms with Crippen molar-refractivity contribution in [1.29, 1.82) is 0 Å². The fraction of sp³-hybridized carbons (Fsp3) is 0.280. The molecule has 9 heteroatoms. The van der Waals surface area contributed by atoms with Crippen molar-refractivity contribution in [2.45, 2.75) is 31.2 Å². The Hall–Kier alpha value is -3.72. The van der Waals surface area contributed by atoms with Gasteiger partial charge in [0.15, 0.2) is 5.13 Å². The van der Waals surface area contributed by atoms with E-state index in [1.165, 1.54) is 5.38 Å². The Morgan fingerprint density at radius 1 is 1.06 bits per heavy atom. The molecule has 1 unspecified atom stereocenters. The Morgan fingerprint density at radius 2 is 1.71 bits per heavy atom. The van der Waals surface area contributed by atoms with Gasteiger partial charge < -0.3 is 15.2 Å². The van der Waals surface area contributed by atoms with Crippen molar-refractivity contribution in [1.82, 2.24) is 10.3 Å². The van der Waals surface area contributed by atoms with Crippen LogP contribution in [0.2, 0.25) is 0 Å². The van der Waals surface area contributed by atoms with E-state index < -0.39 is 24.0 Å². The molecular weight excluding hydrogens is 454 g/mol. The van der Waals surface area contributed by atoms with E-state index in [4.69, 9.17) is 4.74 Å². The summed E-state index contributed by atoms with van der Waals surface area (Å²) in [5.74, 6) is -1.35. The predicted octanol–water partition coefficient (Wildman–Crippen LogP) is 4.49. The van der Waals surface area contributed by atoms with Gasteiger partial charge in [0.2, 0.25) is 0 Å². The van der Waals surface area contributed by atoms with Gasteiger partial charge in [0.25, 0.3) is 5.91 Å². The van der Waals surface area contributed by atoms with Crippen LogP contribution < -0.4 is 10.6 Å². The van der Waals surface area contributed by atoms with Crippen LogP contribution in [-0.4, -0.2) is 40.7 Å². The molecule has 3 N–H and O–H groups in total. The average Bonchev–Trinajstić information content (AvgIpc) is 3.43. The molecule has 3 aromatic rings. The Kier molecular flexibility index (Phi) is 6.02. The summed E-state index contributed by atoms with van der Waals surface area (Å²) in [7, 11) is 0. The fourth-order valence-corrected chi connectivity index (χ4v) is 4.97. The van der Waals surface area contributed by atoms with Crippen LogP contribution in [0.1, 0.15) is 46.8 Å². The number of hydrogen-bond acceptors (Lipinski definition) is 6. The quantitative estimate of drug-likeness (QED) is 0.440. The number of nitrogens with zero attached hydrogens (tertiary/aromatic N) is 1. The number of carboxylic acids is 1. The molecule has 2 aromatic carbocycles.